The molecule has 0 radical (unpaired) electrons. The van der Waals surface area contributed by atoms with Crippen molar-refractivity contribution in [2.75, 3.05) is 26.8 Å². The third-order valence-electron chi connectivity index (χ3n) is 4.22. The number of rotatable bonds is 9. The summed E-state index contributed by atoms with van der Waals surface area (Å²) in [5.74, 6) is 0.842. The maximum Gasteiger partial charge on any atom is 0.0593 e. The Hall–Kier alpha value is -0.900. The highest BCUT2D eigenvalue weighted by molar-refractivity contribution is 5.20. The van der Waals surface area contributed by atoms with Crippen molar-refractivity contribution in [3.63, 3.8) is 0 Å². The average Bonchev–Trinajstić information content (AvgIpc) is 3.29. The number of hydrogen-bond acceptors (Lipinski definition) is 3. The third-order valence-corrected chi connectivity index (χ3v) is 4.22. The van der Waals surface area contributed by atoms with Gasteiger partial charge in [0.15, 0.2) is 0 Å². The van der Waals surface area contributed by atoms with Gasteiger partial charge in [0, 0.05) is 25.2 Å². The van der Waals surface area contributed by atoms with E-state index in [0.717, 1.165) is 32.1 Å². The van der Waals surface area contributed by atoms with Gasteiger partial charge in [0.05, 0.1) is 6.61 Å². The number of ether oxygens (including phenoxy) is 1. The van der Waals surface area contributed by atoms with Gasteiger partial charge >= 0.3 is 0 Å². The fraction of sp³-hybridized carbons (Fsp3) is 0.647. The van der Waals surface area contributed by atoms with Crippen molar-refractivity contribution in [1.82, 2.24) is 4.90 Å². The molecule has 20 heavy (non-hydrogen) atoms. The molecular weight excluding hydrogens is 248 g/mol. The summed E-state index contributed by atoms with van der Waals surface area (Å²) in [5.41, 5.74) is 7.64. The topological polar surface area (TPSA) is 38.5 Å². The number of nitrogens with zero attached hydrogens (tertiary/aromatic N) is 1. The van der Waals surface area contributed by atoms with Gasteiger partial charge in [-0.15, -0.1) is 0 Å². The molecule has 2 unspecified atom stereocenters. The van der Waals surface area contributed by atoms with Crippen LogP contribution in [0.15, 0.2) is 30.3 Å². The minimum atomic E-state index is 0.0645. The maximum atomic E-state index is 6.43. The van der Waals surface area contributed by atoms with Crippen molar-refractivity contribution in [3.05, 3.63) is 35.9 Å². The second kappa shape index (κ2) is 7.77. The standard InChI is InChI=1S/C17H28N2O/c1-3-16(17(18)15-7-5-4-6-8-15)19(2)11-12-20-13-14-9-10-14/h4-8,14,16-17H,3,9-13,18H2,1-2H3. The van der Waals surface area contributed by atoms with Gasteiger partial charge in [-0.25, -0.2) is 0 Å². The van der Waals surface area contributed by atoms with Crippen LogP contribution in [0.3, 0.4) is 0 Å². The summed E-state index contributed by atoms with van der Waals surface area (Å²) in [6, 6.07) is 10.8. The summed E-state index contributed by atoms with van der Waals surface area (Å²) in [4.78, 5) is 2.34. The quantitative estimate of drug-likeness (QED) is 0.705. The first kappa shape index (κ1) is 15.5. The van der Waals surface area contributed by atoms with Gasteiger partial charge in [-0.05, 0) is 37.8 Å². The molecule has 1 fully saturated rings. The van der Waals surface area contributed by atoms with Crippen LogP contribution in [0.4, 0.5) is 0 Å². The Bertz CT molecular complexity index is 378. The predicted octanol–water partition coefficient (Wildman–Crippen LogP) is 2.82. The number of benzene rings is 1. The van der Waals surface area contributed by atoms with Crippen LogP contribution in [0, 0.1) is 5.92 Å². The van der Waals surface area contributed by atoms with Crippen molar-refractivity contribution in [3.8, 4) is 0 Å². The Labute approximate surface area is 123 Å². The van der Waals surface area contributed by atoms with Crippen LogP contribution in [-0.4, -0.2) is 37.7 Å². The zero-order valence-electron chi connectivity index (χ0n) is 12.8. The van der Waals surface area contributed by atoms with Gasteiger partial charge in [-0.3, -0.25) is 4.90 Å². The molecule has 112 valence electrons. The molecule has 0 aromatic heterocycles. The Morgan fingerprint density at radius 2 is 2.00 bits per heavy atom. The molecule has 0 heterocycles. The second-order valence-corrected chi connectivity index (χ2v) is 5.91. The Morgan fingerprint density at radius 3 is 2.60 bits per heavy atom. The van der Waals surface area contributed by atoms with Crippen LogP contribution in [0.1, 0.15) is 37.8 Å². The number of hydrogen-bond donors (Lipinski definition) is 1. The van der Waals surface area contributed by atoms with Crippen LogP contribution >= 0.6 is 0 Å². The average molecular weight is 276 g/mol. The molecule has 1 saturated carbocycles. The van der Waals surface area contributed by atoms with E-state index in [1.807, 2.05) is 6.07 Å². The van der Waals surface area contributed by atoms with E-state index in [1.165, 1.54) is 18.4 Å². The van der Waals surface area contributed by atoms with Crippen LogP contribution in [-0.2, 0) is 4.74 Å². The summed E-state index contributed by atoms with van der Waals surface area (Å²) in [6.07, 6.45) is 3.76. The van der Waals surface area contributed by atoms with Crippen LogP contribution in [0.25, 0.3) is 0 Å². The normalized spacial score (nSPS) is 18.2. The monoisotopic (exact) mass is 276 g/mol. The highest BCUT2D eigenvalue weighted by atomic mass is 16.5. The maximum absolute atomic E-state index is 6.43. The highest BCUT2D eigenvalue weighted by Crippen LogP contribution is 2.28. The molecule has 0 spiro atoms. The van der Waals surface area contributed by atoms with E-state index >= 15 is 0 Å². The molecule has 3 heteroatoms. The SMILES string of the molecule is CCC(C(N)c1ccccc1)N(C)CCOCC1CC1. The van der Waals surface area contributed by atoms with E-state index in [2.05, 4.69) is 43.1 Å². The summed E-state index contributed by atoms with van der Waals surface area (Å²) >= 11 is 0. The molecule has 1 aromatic carbocycles. The van der Waals surface area contributed by atoms with Gasteiger partial charge in [-0.2, -0.15) is 0 Å². The Balaban J connectivity index is 1.79. The lowest BCUT2D eigenvalue weighted by molar-refractivity contribution is 0.0856. The molecule has 0 aliphatic heterocycles. The van der Waals surface area contributed by atoms with E-state index in [0.29, 0.717) is 6.04 Å². The van der Waals surface area contributed by atoms with E-state index in [1.54, 1.807) is 0 Å². The van der Waals surface area contributed by atoms with E-state index in [9.17, 15) is 0 Å². The zero-order chi connectivity index (χ0) is 14.4. The van der Waals surface area contributed by atoms with Gasteiger partial charge < -0.3 is 10.5 Å². The highest BCUT2D eigenvalue weighted by Gasteiger charge is 2.23. The van der Waals surface area contributed by atoms with Crippen molar-refractivity contribution in [2.24, 2.45) is 11.7 Å². The lowest BCUT2D eigenvalue weighted by Gasteiger charge is -2.32. The predicted molar refractivity (Wildman–Crippen MR) is 83.6 cm³/mol. The van der Waals surface area contributed by atoms with Crippen molar-refractivity contribution >= 4 is 0 Å². The van der Waals surface area contributed by atoms with Gasteiger partial charge in [-0.1, -0.05) is 37.3 Å². The first-order chi connectivity index (χ1) is 9.72. The minimum Gasteiger partial charge on any atom is -0.380 e. The first-order valence-corrected chi connectivity index (χ1v) is 7.81. The second-order valence-electron chi connectivity index (χ2n) is 5.91. The molecule has 0 bridgehead atoms. The Morgan fingerprint density at radius 1 is 1.30 bits per heavy atom. The first-order valence-electron chi connectivity index (χ1n) is 7.81. The molecule has 2 N–H and O–H groups in total. The summed E-state index contributed by atoms with van der Waals surface area (Å²) in [6.45, 7) is 4.90. The lowest BCUT2D eigenvalue weighted by Crippen LogP contribution is -2.41. The van der Waals surface area contributed by atoms with Gasteiger partial charge in [0.2, 0.25) is 0 Å². The molecule has 0 saturated heterocycles. The van der Waals surface area contributed by atoms with Gasteiger partial charge in [0.1, 0.15) is 0 Å². The largest absolute Gasteiger partial charge is 0.380 e. The Kier molecular flexibility index (Phi) is 6.02. The molecule has 1 aliphatic carbocycles. The lowest BCUT2D eigenvalue weighted by atomic mass is 9.97. The number of nitrogens with two attached hydrogens (primary N) is 1. The molecular formula is C17H28N2O. The summed E-state index contributed by atoms with van der Waals surface area (Å²) in [5, 5.41) is 0. The van der Waals surface area contributed by atoms with E-state index < -0.39 is 0 Å². The van der Waals surface area contributed by atoms with Crippen molar-refractivity contribution < 1.29 is 4.74 Å². The van der Waals surface area contributed by atoms with Crippen molar-refractivity contribution in [1.29, 1.82) is 0 Å². The summed E-state index contributed by atoms with van der Waals surface area (Å²) < 4.78 is 5.73. The molecule has 2 atom stereocenters. The van der Waals surface area contributed by atoms with Crippen molar-refractivity contribution in [2.45, 2.75) is 38.3 Å². The molecule has 1 aliphatic rings. The molecule has 2 rings (SSSR count). The van der Waals surface area contributed by atoms with E-state index in [-0.39, 0.29) is 6.04 Å². The van der Waals surface area contributed by atoms with Crippen LogP contribution in [0.2, 0.25) is 0 Å². The van der Waals surface area contributed by atoms with E-state index in [4.69, 9.17) is 10.5 Å². The molecule has 3 nitrogen and oxygen atoms in total. The smallest absolute Gasteiger partial charge is 0.0593 e. The molecule has 1 aromatic rings. The number of likely N-dealkylation sites (N-methyl/N-ethyl adjacent to an activating group) is 1. The molecule has 0 amide bonds. The fourth-order valence-electron chi connectivity index (χ4n) is 2.65. The minimum absolute atomic E-state index is 0.0645. The summed E-state index contributed by atoms with van der Waals surface area (Å²) in [7, 11) is 2.15. The fourth-order valence-corrected chi connectivity index (χ4v) is 2.65. The third kappa shape index (κ3) is 4.58. The van der Waals surface area contributed by atoms with Crippen LogP contribution in [0.5, 0.6) is 0 Å². The van der Waals surface area contributed by atoms with Gasteiger partial charge in [0.25, 0.3) is 0 Å². The zero-order valence-corrected chi connectivity index (χ0v) is 12.8. The van der Waals surface area contributed by atoms with Crippen LogP contribution < -0.4 is 5.73 Å².